The van der Waals surface area contributed by atoms with Crippen LogP contribution in [0.4, 0.5) is 0 Å². The number of hydrogen-bond donors (Lipinski definition) is 0. The van der Waals surface area contributed by atoms with E-state index in [1.165, 1.54) is 0 Å². The van der Waals surface area contributed by atoms with Gasteiger partial charge in [-0.05, 0) is 63.9 Å². The van der Waals surface area contributed by atoms with Crippen molar-refractivity contribution in [2.24, 2.45) is 0 Å². The molecule has 24 heavy (non-hydrogen) atoms. The van der Waals surface area contributed by atoms with Gasteiger partial charge in [0.05, 0.1) is 12.2 Å². The van der Waals surface area contributed by atoms with Crippen molar-refractivity contribution in [1.82, 2.24) is 4.90 Å². The molecule has 1 unspecified atom stereocenters. The molecule has 4 nitrogen and oxygen atoms in total. The molecule has 0 amide bonds. The summed E-state index contributed by atoms with van der Waals surface area (Å²) >= 11 is 0.705. The van der Waals surface area contributed by atoms with Crippen LogP contribution in [-0.2, 0) is 15.9 Å². The molecule has 0 spiro atoms. The predicted octanol–water partition coefficient (Wildman–Crippen LogP) is 3.94. The monoisotopic (exact) mass is 349 g/mol. The maximum atomic E-state index is 10.6. The molecule has 1 atom stereocenters. The van der Waals surface area contributed by atoms with Crippen molar-refractivity contribution >= 4 is 11.7 Å². The average Bonchev–Trinajstić information content (AvgIpc) is 2.60. The number of rotatable bonds is 12. The third-order valence-corrected chi connectivity index (χ3v) is 4.64. The Kier molecular flexibility index (Phi) is 10.2. The average molecular weight is 350 g/mol. The number of ether oxygens (including phenoxy) is 1. The van der Waals surface area contributed by atoms with Crippen LogP contribution in [0, 0.1) is 18.3 Å². The molecule has 5 heteroatoms. The van der Waals surface area contributed by atoms with Crippen LogP contribution in [0.2, 0.25) is 0 Å². The minimum atomic E-state index is 0.220. The lowest BCUT2D eigenvalue weighted by molar-refractivity contribution is 0.238. The Morgan fingerprint density at radius 2 is 2.04 bits per heavy atom. The zero-order chi connectivity index (χ0) is 17.8. The highest BCUT2D eigenvalue weighted by atomic mass is 32.1. The third-order valence-electron chi connectivity index (χ3n) is 4.08. The molecule has 0 saturated carbocycles. The fourth-order valence-corrected chi connectivity index (χ4v) is 2.82. The van der Waals surface area contributed by atoms with Gasteiger partial charge in [-0.3, -0.25) is 0 Å². The SMILES string of the molecule is CCN(CCCCC(C)[S+]=O)CCCOc1cc(C)ccc1C#N. The van der Waals surface area contributed by atoms with E-state index in [0.717, 1.165) is 50.9 Å². The van der Waals surface area contributed by atoms with Gasteiger partial charge >= 0.3 is 11.7 Å². The van der Waals surface area contributed by atoms with Crippen molar-refractivity contribution < 1.29 is 8.95 Å². The first-order chi connectivity index (χ1) is 11.6. The standard InChI is InChI=1S/C19H29N2O2S/c1-4-21(11-6-5-8-17(3)24-22)12-7-13-23-19-14-16(2)9-10-18(19)15-20/h9-10,14,17H,4-8,11-13H2,1-3H3/q+1. The van der Waals surface area contributed by atoms with Gasteiger partial charge in [0.25, 0.3) is 0 Å². The van der Waals surface area contributed by atoms with Crippen molar-refractivity contribution in [3.8, 4) is 11.8 Å². The number of benzene rings is 1. The summed E-state index contributed by atoms with van der Waals surface area (Å²) in [6, 6.07) is 7.83. The molecular weight excluding hydrogens is 320 g/mol. The minimum Gasteiger partial charge on any atom is -0.492 e. The largest absolute Gasteiger partial charge is 0.492 e. The van der Waals surface area contributed by atoms with E-state index in [1.807, 2.05) is 32.0 Å². The first kappa shape index (κ1) is 20.5. The Bertz CT molecular complexity index is 543. The van der Waals surface area contributed by atoms with Crippen molar-refractivity contribution in [2.45, 2.75) is 51.7 Å². The van der Waals surface area contributed by atoms with E-state index < -0.39 is 0 Å². The number of unbranched alkanes of at least 4 members (excludes halogenated alkanes) is 1. The summed E-state index contributed by atoms with van der Waals surface area (Å²) < 4.78 is 16.4. The Balaban J connectivity index is 2.26. The second kappa shape index (κ2) is 11.9. The van der Waals surface area contributed by atoms with E-state index in [9.17, 15) is 4.21 Å². The third kappa shape index (κ3) is 7.85. The smallest absolute Gasteiger partial charge is 0.461 e. The van der Waals surface area contributed by atoms with E-state index in [-0.39, 0.29) is 5.25 Å². The molecule has 0 aromatic heterocycles. The number of aryl methyl sites for hydroxylation is 1. The molecule has 0 aliphatic carbocycles. The molecule has 0 bridgehead atoms. The van der Waals surface area contributed by atoms with Crippen LogP contribution in [0.5, 0.6) is 5.75 Å². The summed E-state index contributed by atoms with van der Waals surface area (Å²) in [5.74, 6) is 0.685. The summed E-state index contributed by atoms with van der Waals surface area (Å²) in [5, 5.41) is 9.33. The van der Waals surface area contributed by atoms with Gasteiger partial charge in [0, 0.05) is 17.2 Å². The lowest BCUT2D eigenvalue weighted by atomic mass is 10.1. The number of hydrogen-bond acceptors (Lipinski definition) is 4. The van der Waals surface area contributed by atoms with E-state index in [4.69, 9.17) is 10.00 Å². The summed E-state index contributed by atoms with van der Waals surface area (Å²) in [6.45, 7) is 9.88. The van der Waals surface area contributed by atoms with Gasteiger partial charge in [0.1, 0.15) is 11.8 Å². The molecule has 0 N–H and O–H groups in total. The second-order valence-electron chi connectivity index (χ2n) is 6.15. The molecule has 0 saturated heterocycles. The fourth-order valence-electron chi connectivity index (χ4n) is 2.55. The van der Waals surface area contributed by atoms with Gasteiger partial charge in [-0.2, -0.15) is 5.26 Å². The van der Waals surface area contributed by atoms with Gasteiger partial charge in [0.2, 0.25) is 5.25 Å². The van der Waals surface area contributed by atoms with Crippen molar-refractivity contribution in [3.63, 3.8) is 0 Å². The van der Waals surface area contributed by atoms with Crippen LogP contribution < -0.4 is 4.74 Å². The first-order valence-corrected chi connectivity index (χ1v) is 9.55. The van der Waals surface area contributed by atoms with Crippen LogP contribution in [0.1, 0.15) is 50.7 Å². The highest BCUT2D eigenvalue weighted by Crippen LogP contribution is 2.19. The van der Waals surface area contributed by atoms with Crippen molar-refractivity contribution in [3.05, 3.63) is 29.3 Å². The van der Waals surface area contributed by atoms with Gasteiger partial charge in [-0.15, -0.1) is 0 Å². The molecule has 0 fully saturated rings. The zero-order valence-electron chi connectivity index (χ0n) is 15.1. The van der Waals surface area contributed by atoms with Gasteiger partial charge in [-0.25, -0.2) is 0 Å². The molecule has 0 aliphatic rings. The fraction of sp³-hybridized carbons (Fsp3) is 0.632. The van der Waals surface area contributed by atoms with E-state index in [1.54, 1.807) is 0 Å². The molecule has 0 aliphatic heterocycles. The van der Waals surface area contributed by atoms with Crippen LogP contribution in [0.25, 0.3) is 0 Å². The molecule has 0 radical (unpaired) electrons. The van der Waals surface area contributed by atoms with Crippen LogP contribution in [-0.4, -0.2) is 36.4 Å². The summed E-state index contributed by atoms with van der Waals surface area (Å²) in [4.78, 5) is 2.42. The molecule has 1 aromatic rings. The summed E-state index contributed by atoms with van der Waals surface area (Å²) in [7, 11) is 0. The highest BCUT2D eigenvalue weighted by Gasteiger charge is 2.13. The Morgan fingerprint density at radius 1 is 1.29 bits per heavy atom. The molecule has 132 valence electrons. The lowest BCUT2D eigenvalue weighted by Gasteiger charge is -2.20. The quantitative estimate of drug-likeness (QED) is 0.423. The predicted molar refractivity (Wildman–Crippen MR) is 99.5 cm³/mol. The summed E-state index contributed by atoms with van der Waals surface area (Å²) in [6.07, 6.45) is 4.19. The maximum Gasteiger partial charge on any atom is 0.461 e. The van der Waals surface area contributed by atoms with Crippen LogP contribution >= 0.6 is 0 Å². The molecule has 1 rings (SSSR count). The number of nitrogens with zero attached hydrogens (tertiary/aromatic N) is 2. The maximum absolute atomic E-state index is 10.6. The van der Waals surface area contributed by atoms with E-state index >= 15 is 0 Å². The normalized spacial score (nSPS) is 12.0. The lowest BCUT2D eigenvalue weighted by Crippen LogP contribution is -2.27. The molecule has 0 heterocycles. The minimum absolute atomic E-state index is 0.220. The highest BCUT2D eigenvalue weighted by molar-refractivity contribution is 7.66. The second-order valence-corrected chi connectivity index (χ2v) is 7.15. The van der Waals surface area contributed by atoms with Gasteiger partial charge in [-0.1, -0.05) is 13.0 Å². The number of nitriles is 1. The molecular formula is C19H29N2O2S+. The Labute approximate surface area is 150 Å². The molecule has 1 aromatic carbocycles. The Morgan fingerprint density at radius 3 is 2.71 bits per heavy atom. The van der Waals surface area contributed by atoms with Crippen molar-refractivity contribution in [1.29, 1.82) is 5.26 Å². The van der Waals surface area contributed by atoms with E-state index in [0.29, 0.717) is 29.6 Å². The van der Waals surface area contributed by atoms with Gasteiger partial charge in [0.15, 0.2) is 0 Å². The van der Waals surface area contributed by atoms with Crippen LogP contribution in [0.15, 0.2) is 18.2 Å². The van der Waals surface area contributed by atoms with Crippen molar-refractivity contribution in [2.75, 3.05) is 26.2 Å². The topological polar surface area (TPSA) is 53.3 Å². The Hall–Kier alpha value is -1.51. The first-order valence-electron chi connectivity index (χ1n) is 8.75. The van der Waals surface area contributed by atoms with Gasteiger partial charge < -0.3 is 9.64 Å². The van der Waals surface area contributed by atoms with Crippen LogP contribution in [0.3, 0.4) is 0 Å². The zero-order valence-corrected chi connectivity index (χ0v) is 15.9. The van der Waals surface area contributed by atoms with E-state index in [2.05, 4.69) is 17.9 Å². The summed E-state index contributed by atoms with van der Waals surface area (Å²) in [5.41, 5.74) is 1.70.